The Hall–Kier alpha value is -2.13. The summed E-state index contributed by atoms with van der Waals surface area (Å²) < 4.78 is 5.81. The highest BCUT2D eigenvalue weighted by Gasteiger charge is 2.21. The first-order chi connectivity index (χ1) is 12.7. The zero-order chi connectivity index (χ0) is 18.8. The van der Waals surface area contributed by atoms with Gasteiger partial charge in [0.05, 0.1) is 0 Å². The van der Waals surface area contributed by atoms with Gasteiger partial charge in [-0.2, -0.15) is 0 Å². The number of nitrogens with zero attached hydrogens (tertiary/aromatic N) is 1. The molecule has 140 valence electrons. The van der Waals surface area contributed by atoms with E-state index in [0.29, 0.717) is 6.61 Å². The maximum atomic E-state index is 13.0. The maximum absolute atomic E-state index is 13.0. The van der Waals surface area contributed by atoms with E-state index in [1.54, 1.807) is 0 Å². The molecule has 3 nitrogen and oxygen atoms in total. The third-order valence-corrected chi connectivity index (χ3v) is 4.81. The molecule has 3 heteroatoms. The molecule has 2 aromatic rings. The van der Waals surface area contributed by atoms with E-state index in [1.165, 1.54) is 0 Å². The van der Waals surface area contributed by atoms with Gasteiger partial charge in [-0.25, -0.2) is 0 Å². The molecule has 0 saturated heterocycles. The van der Waals surface area contributed by atoms with Crippen molar-refractivity contribution in [2.24, 2.45) is 0 Å². The van der Waals surface area contributed by atoms with Gasteiger partial charge >= 0.3 is 0 Å². The lowest BCUT2D eigenvalue weighted by Crippen LogP contribution is -2.27. The third kappa shape index (κ3) is 5.70. The number of carbonyl (C=O) groups is 1. The van der Waals surface area contributed by atoms with Gasteiger partial charge in [-0.15, -0.1) is 0 Å². The average Bonchev–Trinajstić information content (AvgIpc) is 2.70. The van der Waals surface area contributed by atoms with E-state index >= 15 is 0 Å². The lowest BCUT2D eigenvalue weighted by Gasteiger charge is -2.18. The summed E-state index contributed by atoms with van der Waals surface area (Å²) >= 11 is 0. The van der Waals surface area contributed by atoms with Gasteiger partial charge < -0.3 is 9.64 Å². The number of hydrogen-bond acceptors (Lipinski definition) is 3. The quantitative estimate of drug-likeness (QED) is 0.522. The van der Waals surface area contributed by atoms with Gasteiger partial charge in [0.25, 0.3) is 0 Å². The monoisotopic (exact) mass is 353 g/mol. The summed E-state index contributed by atoms with van der Waals surface area (Å²) in [7, 11) is 0. The Kier molecular flexibility index (Phi) is 8.36. The Bertz CT molecular complexity index is 648. The molecule has 1 unspecified atom stereocenters. The zero-order valence-electron chi connectivity index (χ0n) is 16.3. The Labute approximate surface area is 158 Å². The summed E-state index contributed by atoms with van der Waals surface area (Å²) in [5.74, 6) is 0.934. The van der Waals surface area contributed by atoms with Crippen LogP contribution in [-0.2, 0) is 0 Å². The Morgan fingerprint density at radius 2 is 1.62 bits per heavy atom. The van der Waals surface area contributed by atoms with Crippen molar-refractivity contribution in [3.8, 4) is 5.75 Å². The van der Waals surface area contributed by atoms with Crippen molar-refractivity contribution in [3.63, 3.8) is 0 Å². The van der Waals surface area contributed by atoms with Crippen LogP contribution in [0.1, 0.15) is 55.5 Å². The third-order valence-electron chi connectivity index (χ3n) is 4.81. The predicted octanol–water partition coefficient (Wildman–Crippen LogP) is 5.17. The maximum Gasteiger partial charge on any atom is 0.170 e. The van der Waals surface area contributed by atoms with Crippen LogP contribution >= 0.6 is 0 Å². The summed E-state index contributed by atoms with van der Waals surface area (Å²) in [5, 5.41) is 0. The number of ether oxygens (including phenoxy) is 1. The molecule has 0 bridgehead atoms. The first-order valence-corrected chi connectivity index (χ1v) is 9.73. The molecule has 0 amide bonds. The number of hydrogen-bond donors (Lipinski definition) is 0. The first kappa shape index (κ1) is 20.2. The zero-order valence-corrected chi connectivity index (χ0v) is 16.3. The Morgan fingerprint density at radius 1 is 0.962 bits per heavy atom. The van der Waals surface area contributed by atoms with Crippen LogP contribution in [0, 0.1) is 0 Å². The Balaban J connectivity index is 2.00. The molecule has 0 radical (unpaired) electrons. The van der Waals surface area contributed by atoms with Gasteiger partial charge in [-0.1, -0.05) is 57.5 Å². The summed E-state index contributed by atoms with van der Waals surface area (Å²) in [6.45, 7) is 10.1. The van der Waals surface area contributed by atoms with E-state index in [4.69, 9.17) is 4.74 Å². The number of carbonyl (C=O) groups excluding carboxylic acids is 1. The molecule has 0 fully saturated rings. The second kappa shape index (κ2) is 10.8. The highest BCUT2D eigenvalue weighted by molar-refractivity contribution is 6.01. The number of rotatable bonds is 11. The molecule has 0 spiro atoms. The van der Waals surface area contributed by atoms with Crippen molar-refractivity contribution in [1.82, 2.24) is 4.90 Å². The highest BCUT2D eigenvalue weighted by atomic mass is 16.5. The highest BCUT2D eigenvalue weighted by Crippen LogP contribution is 2.26. The normalized spacial score (nSPS) is 12.2. The number of Topliss-reactive ketones (excluding diaryl/α,β-unsaturated/α-hetero) is 1. The van der Waals surface area contributed by atoms with E-state index in [1.807, 2.05) is 54.6 Å². The molecule has 1 atom stereocenters. The van der Waals surface area contributed by atoms with Crippen LogP contribution in [0.2, 0.25) is 0 Å². The van der Waals surface area contributed by atoms with E-state index < -0.39 is 0 Å². The summed E-state index contributed by atoms with van der Waals surface area (Å²) in [5.41, 5.74) is 1.85. The SMILES string of the molecule is CCCC(C(=O)c1ccc(OCCN(CC)CC)cc1)c1ccccc1. The molecule has 0 N–H and O–H groups in total. The fourth-order valence-electron chi connectivity index (χ4n) is 3.17. The van der Waals surface area contributed by atoms with Crippen molar-refractivity contribution in [2.75, 3.05) is 26.2 Å². The topological polar surface area (TPSA) is 29.5 Å². The molecule has 0 aromatic heterocycles. The lowest BCUT2D eigenvalue weighted by molar-refractivity contribution is 0.0954. The largest absolute Gasteiger partial charge is 0.492 e. The number of likely N-dealkylation sites (N-methyl/N-ethyl adjacent to an activating group) is 1. The van der Waals surface area contributed by atoms with E-state index in [-0.39, 0.29) is 11.7 Å². The number of benzene rings is 2. The Morgan fingerprint density at radius 3 is 2.19 bits per heavy atom. The van der Waals surface area contributed by atoms with Crippen molar-refractivity contribution in [1.29, 1.82) is 0 Å². The molecular formula is C23H31NO2. The van der Waals surface area contributed by atoms with E-state index in [9.17, 15) is 4.79 Å². The molecule has 2 rings (SSSR count). The fourth-order valence-corrected chi connectivity index (χ4v) is 3.17. The van der Waals surface area contributed by atoms with Gasteiger partial charge in [-0.05, 0) is 49.3 Å². The van der Waals surface area contributed by atoms with Gasteiger partial charge in [0.15, 0.2) is 5.78 Å². The summed E-state index contributed by atoms with van der Waals surface area (Å²) in [6, 6.07) is 17.7. The second-order valence-electron chi connectivity index (χ2n) is 6.52. The van der Waals surface area contributed by atoms with Gasteiger partial charge in [0.1, 0.15) is 12.4 Å². The van der Waals surface area contributed by atoms with Crippen LogP contribution in [0.5, 0.6) is 5.75 Å². The minimum atomic E-state index is -0.0735. The summed E-state index contributed by atoms with van der Waals surface area (Å²) in [6.07, 6.45) is 1.85. The number of ketones is 1. The minimum absolute atomic E-state index is 0.0735. The molecule has 2 aromatic carbocycles. The molecule has 0 heterocycles. The van der Waals surface area contributed by atoms with Crippen LogP contribution in [0.3, 0.4) is 0 Å². The molecular weight excluding hydrogens is 322 g/mol. The standard InChI is InChI=1S/C23H31NO2/c1-4-10-22(19-11-8-7-9-12-19)23(25)20-13-15-21(16-14-20)26-18-17-24(5-2)6-3/h7-9,11-16,22H,4-6,10,17-18H2,1-3H3. The van der Waals surface area contributed by atoms with Crippen LogP contribution in [0.4, 0.5) is 0 Å². The fraction of sp³-hybridized carbons (Fsp3) is 0.435. The van der Waals surface area contributed by atoms with Crippen LogP contribution in [0.25, 0.3) is 0 Å². The average molecular weight is 354 g/mol. The smallest absolute Gasteiger partial charge is 0.170 e. The van der Waals surface area contributed by atoms with Crippen molar-refractivity contribution >= 4 is 5.78 Å². The van der Waals surface area contributed by atoms with Gasteiger partial charge in [0.2, 0.25) is 0 Å². The predicted molar refractivity (Wildman–Crippen MR) is 108 cm³/mol. The first-order valence-electron chi connectivity index (χ1n) is 9.73. The molecule has 0 aliphatic carbocycles. The van der Waals surface area contributed by atoms with Crippen molar-refractivity contribution < 1.29 is 9.53 Å². The van der Waals surface area contributed by atoms with E-state index in [0.717, 1.165) is 49.4 Å². The molecule has 0 aliphatic rings. The molecule has 26 heavy (non-hydrogen) atoms. The summed E-state index contributed by atoms with van der Waals surface area (Å²) in [4.78, 5) is 15.3. The van der Waals surface area contributed by atoms with Gasteiger partial charge in [0, 0.05) is 18.0 Å². The van der Waals surface area contributed by atoms with Gasteiger partial charge in [-0.3, -0.25) is 4.79 Å². The lowest BCUT2D eigenvalue weighted by atomic mass is 9.87. The van der Waals surface area contributed by atoms with Crippen LogP contribution in [-0.4, -0.2) is 36.9 Å². The van der Waals surface area contributed by atoms with E-state index in [2.05, 4.69) is 25.7 Å². The molecule has 0 aliphatic heterocycles. The molecule has 0 saturated carbocycles. The second-order valence-corrected chi connectivity index (χ2v) is 6.52. The van der Waals surface area contributed by atoms with Crippen LogP contribution < -0.4 is 4.74 Å². The van der Waals surface area contributed by atoms with Crippen molar-refractivity contribution in [2.45, 2.75) is 39.5 Å². The van der Waals surface area contributed by atoms with Crippen molar-refractivity contribution in [3.05, 3.63) is 65.7 Å². The van der Waals surface area contributed by atoms with Crippen LogP contribution in [0.15, 0.2) is 54.6 Å². The minimum Gasteiger partial charge on any atom is -0.492 e.